The van der Waals surface area contributed by atoms with Gasteiger partial charge in [-0.25, -0.2) is 4.98 Å². The lowest BCUT2D eigenvalue weighted by molar-refractivity contribution is 1.14. The molecule has 0 amide bonds. The maximum Gasteiger partial charge on any atom is 0.137 e. The third-order valence-corrected chi connectivity index (χ3v) is 2.94. The van der Waals surface area contributed by atoms with Gasteiger partial charge in [-0.3, -0.25) is 4.40 Å². The van der Waals surface area contributed by atoms with Crippen LogP contribution in [0.1, 0.15) is 5.56 Å². The lowest BCUT2D eigenvalue weighted by atomic mass is 10.3. The van der Waals surface area contributed by atoms with E-state index in [0.29, 0.717) is 0 Å². The highest BCUT2D eigenvalue weighted by Crippen LogP contribution is 2.18. The molecule has 0 unspecified atom stereocenters. The average molecular weight is 293 g/mol. The first-order chi connectivity index (χ1) is 5.68. The van der Waals surface area contributed by atoms with Crippen molar-refractivity contribution in [3.8, 4) is 0 Å². The molecule has 4 heteroatoms. The molecular formula is C8H6ClIN2. The molecule has 2 aromatic heterocycles. The normalized spacial score (nSPS) is 10.9. The third-order valence-electron chi connectivity index (χ3n) is 1.75. The van der Waals surface area contributed by atoms with Gasteiger partial charge >= 0.3 is 0 Å². The van der Waals surface area contributed by atoms with Crippen molar-refractivity contribution in [1.82, 2.24) is 9.38 Å². The molecule has 0 aliphatic carbocycles. The SMILES string of the molecule is Cc1cc2ncc(I)n2cc1Cl. The van der Waals surface area contributed by atoms with E-state index in [1.165, 1.54) is 0 Å². The van der Waals surface area contributed by atoms with E-state index in [0.717, 1.165) is 19.9 Å². The highest BCUT2D eigenvalue weighted by molar-refractivity contribution is 14.1. The van der Waals surface area contributed by atoms with Gasteiger partial charge in [0, 0.05) is 6.20 Å². The molecule has 0 aromatic carbocycles. The molecule has 0 radical (unpaired) electrons. The number of imidazole rings is 1. The van der Waals surface area contributed by atoms with Gasteiger partial charge in [-0.05, 0) is 41.1 Å². The zero-order chi connectivity index (χ0) is 8.72. The molecule has 0 N–H and O–H groups in total. The van der Waals surface area contributed by atoms with Gasteiger partial charge < -0.3 is 0 Å². The Balaban J connectivity index is 2.87. The Kier molecular flexibility index (Phi) is 2.00. The highest BCUT2D eigenvalue weighted by Gasteiger charge is 2.02. The van der Waals surface area contributed by atoms with Crippen molar-refractivity contribution < 1.29 is 0 Å². The maximum absolute atomic E-state index is 5.96. The molecule has 0 saturated heterocycles. The summed E-state index contributed by atoms with van der Waals surface area (Å²) in [6.45, 7) is 1.98. The van der Waals surface area contributed by atoms with Crippen molar-refractivity contribution in [1.29, 1.82) is 0 Å². The van der Waals surface area contributed by atoms with Crippen molar-refractivity contribution >= 4 is 39.8 Å². The Labute approximate surface area is 88.7 Å². The molecule has 0 aliphatic heterocycles. The minimum Gasteiger partial charge on any atom is -0.293 e. The van der Waals surface area contributed by atoms with E-state index in [1.54, 1.807) is 0 Å². The number of aromatic nitrogens is 2. The second-order valence-corrected chi connectivity index (χ2v) is 4.13. The van der Waals surface area contributed by atoms with E-state index in [1.807, 2.05) is 29.8 Å². The minimum atomic E-state index is 0.776. The van der Waals surface area contributed by atoms with E-state index in [-0.39, 0.29) is 0 Å². The standard InChI is InChI=1S/C8H6ClIN2/c1-5-2-8-11-3-7(10)12(8)4-6(5)9/h2-4H,1H3. The second kappa shape index (κ2) is 2.88. The van der Waals surface area contributed by atoms with E-state index in [2.05, 4.69) is 27.6 Å². The quantitative estimate of drug-likeness (QED) is 0.683. The smallest absolute Gasteiger partial charge is 0.137 e. The number of pyridine rings is 1. The topological polar surface area (TPSA) is 17.3 Å². The Hall–Kier alpha value is -0.290. The molecular weight excluding hydrogens is 286 g/mol. The summed E-state index contributed by atoms with van der Waals surface area (Å²) in [5, 5.41) is 0.776. The van der Waals surface area contributed by atoms with Crippen molar-refractivity contribution in [3.05, 3.63) is 32.7 Å². The van der Waals surface area contributed by atoms with Crippen LogP contribution in [0.2, 0.25) is 5.02 Å². The molecule has 2 rings (SSSR count). The number of nitrogens with zero attached hydrogens (tertiary/aromatic N) is 2. The highest BCUT2D eigenvalue weighted by atomic mass is 127. The monoisotopic (exact) mass is 292 g/mol. The van der Waals surface area contributed by atoms with Crippen LogP contribution in [0.15, 0.2) is 18.5 Å². The van der Waals surface area contributed by atoms with Crippen molar-refractivity contribution in [2.45, 2.75) is 6.92 Å². The molecule has 0 saturated carbocycles. The summed E-state index contributed by atoms with van der Waals surface area (Å²) in [7, 11) is 0. The van der Waals surface area contributed by atoms with E-state index in [4.69, 9.17) is 11.6 Å². The molecule has 2 aromatic rings. The summed E-state index contributed by atoms with van der Waals surface area (Å²) < 4.78 is 3.04. The first-order valence-electron chi connectivity index (χ1n) is 3.47. The second-order valence-electron chi connectivity index (χ2n) is 2.61. The Morgan fingerprint density at radius 3 is 3.08 bits per heavy atom. The molecule has 2 heterocycles. The summed E-state index contributed by atoms with van der Waals surface area (Å²) in [5.74, 6) is 0. The van der Waals surface area contributed by atoms with Gasteiger partial charge in [0.2, 0.25) is 0 Å². The number of hydrogen-bond acceptors (Lipinski definition) is 1. The van der Waals surface area contributed by atoms with Gasteiger partial charge in [0.1, 0.15) is 9.35 Å². The molecule has 0 spiro atoms. The van der Waals surface area contributed by atoms with Gasteiger partial charge in [-0.2, -0.15) is 0 Å². The van der Waals surface area contributed by atoms with Crippen LogP contribution < -0.4 is 0 Å². The van der Waals surface area contributed by atoms with Crippen LogP contribution in [0.3, 0.4) is 0 Å². The first kappa shape index (κ1) is 8.31. The molecule has 0 bridgehead atoms. The lowest BCUT2D eigenvalue weighted by Crippen LogP contribution is -1.88. The average Bonchev–Trinajstić information content (AvgIpc) is 2.35. The Bertz CT molecular complexity index is 436. The van der Waals surface area contributed by atoms with E-state index >= 15 is 0 Å². The Morgan fingerprint density at radius 2 is 2.33 bits per heavy atom. The summed E-state index contributed by atoms with van der Waals surface area (Å²) in [4.78, 5) is 4.22. The zero-order valence-electron chi connectivity index (χ0n) is 6.38. The summed E-state index contributed by atoms with van der Waals surface area (Å²) in [6.07, 6.45) is 3.71. The molecule has 0 aliphatic rings. The summed E-state index contributed by atoms with van der Waals surface area (Å²) >= 11 is 8.19. The van der Waals surface area contributed by atoms with Gasteiger partial charge in [-0.15, -0.1) is 0 Å². The predicted octanol–water partition coefficient (Wildman–Crippen LogP) is 2.90. The van der Waals surface area contributed by atoms with Crippen LogP contribution in [0.5, 0.6) is 0 Å². The molecule has 2 nitrogen and oxygen atoms in total. The van der Waals surface area contributed by atoms with Crippen molar-refractivity contribution in [3.63, 3.8) is 0 Å². The fraction of sp³-hybridized carbons (Fsp3) is 0.125. The van der Waals surface area contributed by atoms with E-state index in [9.17, 15) is 0 Å². The fourth-order valence-electron chi connectivity index (χ4n) is 1.07. The minimum absolute atomic E-state index is 0.776. The third kappa shape index (κ3) is 1.21. The van der Waals surface area contributed by atoms with Crippen LogP contribution in [-0.2, 0) is 0 Å². The van der Waals surface area contributed by atoms with Crippen molar-refractivity contribution in [2.75, 3.05) is 0 Å². The van der Waals surface area contributed by atoms with Gasteiger partial charge in [0.15, 0.2) is 0 Å². The van der Waals surface area contributed by atoms with Crippen molar-refractivity contribution in [2.24, 2.45) is 0 Å². The fourth-order valence-corrected chi connectivity index (χ4v) is 1.74. The number of aryl methyl sites for hydroxylation is 1. The first-order valence-corrected chi connectivity index (χ1v) is 4.93. The van der Waals surface area contributed by atoms with Gasteiger partial charge in [-0.1, -0.05) is 11.6 Å². The maximum atomic E-state index is 5.96. The zero-order valence-corrected chi connectivity index (χ0v) is 9.30. The van der Waals surface area contributed by atoms with Gasteiger partial charge in [0.05, 0.1) is 11.2 Å². The predicted molar refractivity (Wildman–Crippen MR) is 57.7 cm³/mol. The largest absolute Gasteiger partial charge is 0.293 e. The number of fused-ring (bicyclic) bond motifs is 1. The van der Waals surface area contributed by atoms with Gasteiger partial charge in [0.25, 0.3) is 0 Å². The summed E-state index contributed by atoms with van der Waals surface area (Å²) in [6, 6.07) is 1.98. The molecule has 62 valence electrons. The molecule has 0 atom stereocenters. The summed E-state index contributed by atoms with van der Waals surface area (Å²) in [5.41, 5.74) is 2.01. The van der Waals surface area contributed by atoms with Crippen LogP contribution in [0.25, 0.3) is 5.65 Å². The Morgan fingerprint density at radius 1 is 1.58 bits per heavy atom. The van der Waals surface area contributed by atoms with Crippen LogP contribution in [0, 0.1) is 10.6 Å². The number of hydrogen-bond donors (Lipinski definition) is 0. The van der Waals surface area contributed by atoms with E-state index < -0.39 is 0 Å². The number of rotatable bonds is 0. The van der Waals surface area contributed by atoms with Crippen LogP contribution in [-0.4, -0.2) is 9.38 Å². The molecule has 12 heavy (non-hydrogen) atoms. The number of halogens is 2. The lowest BCUT2D eigenvalue weighted by Gasteiger charge is -1.99. The van der Waals surface area contributed by atoms with Crippen LogP contribution >= 0.6 is 34.2 Å². The molecule has 0 fully saturated rings. The van der Waals surface area contributed by atoms with Crippen LogP contribution in [0.4, 0.5) is 0 Å².